The number of benzene rings is 8. The van der Waals surface area contributed by atoms with Crippen LogP contribution in [0.5, 0.6) is 11.5 Å². The molecule has 0 fully saturated rings. The van der Waals surface area contributed by atoms with Gasteiger partial charge in [0.25, 0.3) is 0 Å². The topological polar surface area (TPSA) is 205 Å². The van der Waals surface area contributed by atoms with Gasteiger partial charge in [-0.2, -0.15) is 0 Å². The van der Waals surface area contributed by atoms with Crippen molar-refractivity contribution in [3.05, 3.63) is 247 Å². The molecule has 0 aliphatic rings. The summed E-state index contributed by atoms with van der Waals surface area (Å²) in [6, 6.07) is 51.2. The van der Waals surface area contributed by atoms with Crippen LogP contribution >= 0.6 is 46.4 Å². The van der Waals surface area contributed by atoms with Crippen LogP contribution in [0.15, 0.2) is 182 Å². The molecule has 0 saturated heterocycles. The van der Waals surface area contributed by atoms with Crippen molar-refractivity contribution in [2.45, 2.75) is 40.0 Å². The second-order valence-corrected chi connectivity index (χ2v) is 22.3. The summed E-state index contributed by atoms with van der Waals surface area (Å²) in [7, 11) is 3.10. The number of carbonyl (C=O) groups excluding carboxylic acids is 2. The van der Waals surface area contributed by atoms with E-state index in [9.17, 15) is 29.4 Å². The van der Waals surface area contributed by atoms with E-state index < -0.39 is 24.1 Å². The number of nitrogens with zero attached hydrogens (tertiary/aromatic N) is 4. The van der Waals surface area contributed by atoms with Gasteiger partial charge in [0.1, 0.15) is 23.1 Å². The van der Waals surface area contributed by atoms with Crippen LogP contribution in [0.1, 0.15) is 75.4 Å². The fourth-order valence-corrected chi connectivity index (χ4v) is 10.4. The van der Waals surface area contributed by atoms with Crippen molar-refractivity contribution >= 4 is 106 Å². The number of methoxy groups -OCH3 is 2. The van der Waals surface area contributed by atoms with E-state index in [1.165, 1.54) is 0 Å². The van der Waals surface area contributed by atoms with Crippen molar-refractivity contribution in [1.82, 2.24) is 19.1 Å². The number of anilines is 2. The Balaban J connectivity index is 0.000000215. The molecule has 10 aromatic rings. The van der Waals surface area contributed by atoms with Gasteiger partial charge in [-0.3, -0.25) is 10.6 Å². The molecule has 0 aliphatic heterocycles. The van der Waals surface area contributed by atoms with Gasteiger partial charge >= 0.3 is 24.1 Å². The summed E-state index contributed by atoms with van der Waals surface area (Å²) in [4.78, 5) is 56.2. The number of hydrogen-bond acceptors (Lipinski definition) is 10. The molecule has 0 unspecified atom stereocenters. The third-order valence-electron chi connectivity index (χ3n) is 14.0. The Morgan fingerprint density at radius 1 is 0.505 bits per heavy atom. The maximum absolute atomic E-state index is 12.1. The number of aromatic nitrogens is 4. The summed E-state index contributed by atoms with van der Waals surface area (Å²) >= 11 is 25.2. The quantitative estimate of drug-likeness (QED) is 0.0563. The Kier molecular flexibility index (Phi) is 21.8. The van der Waals surface area contributed by atoms with Gasteiger partial charge in [0, 0.05) is 46.7 Å². The minimum Gasteiger partial charge on any atom is -0.495 e. The highest BCUT2D eigenvalue weighted by atomic mass is 35.5. The number of aromatic carboxylic acids is 2. The van der Waals surface area contributed by atoms with Crippen molar-refractivity contribution < 1.29 is 48.3 Å². The molecule has 0 spiro atoms. The van der Waals surface area contributed by atoms with Crippen LogP contribution in [0, 0.1) is 0 Å². The summed E-state index contributed by atoms with van der Waals surface area (Å²) in [6.07, 6.45) is 10.3. The second kappa shape index (κ2) is 30.4. The third-order valence-corrected chi connectivity index (χ3v) is 15.1. The Morgan fingerprint density at radius 3 is 1.26 bits per heavy atom. The van der Waals surface area contributed by atoms with E-state index in [0.29, 0.717) is 79.1 Å². The summed E-state index contributed by atoms with van der Waals surface area (Å²) in [5, 5.41) is 26.0. The van der Waals surface area contributed by atoms with Crippen molar-refractivity contribution in [2.75, 3.05) is 31.5 Å². The zero-order valence-electron chi connectivity index (χ0n) is 49.8. The summed E-state index contributed by atoms with van der Waals surface area (Å²) in [5.41, 5.74) is 11.9. The van der Waals surface area contributed by atoms with E-state index in [0.717, 1.165) is 55.6 Å². The average Bonchev–Trinajstić information content (AvgIpc) is 1.84. The average molecular weight is 1300 g/mol. The number of ether oxygens (including phenoxy) is 4. The first-order chi connectivity index (χ1) is 43.8. The SMILES string of the molecule is CCOC(=O)Nc1ccc(-c2ccc(/C=C/c3nc(-c4ccc(Cl)cc4Cl)cn3Cc3ccc(C(=O)O)cc3)cc2)cc1OC.COc1cc(-c2ccc(/C=C/c3nc(-c4ccc(Cl)cc4Cl)cn3Cc3ccc(C(=O)O)cc3)cc2)ccc1NC(=O)OC(C)C. The zero-order valence-corrected chi connectivity index (χ0v) is 52.8. The number of amides is 2. The molecule has 91 heavy (non-hydrogen) atoms. The third kappa shape index (κ3) is 17.4. The van der Waals surface area contributed by atoms with Gasteiger partial charge in [-0.25, -0.2) is 29.1 Å². The maximum Gasteiger partial charge on any atom is 0.411 e. The number of carbonyl (C=O) groups is 4. The first kappa shape index (κ1) is 65.3. The minimum atomic E-state index is -0.972. The molecule has 0 saturated carbocycles. The van der Waals surface area contributed by atoms with Crippen LogP contribution in [-0.4, -0.2) is 80.4 Å². The predicted molar refractivity (Wildman–Crippen MR) is 361 cm³/mol. The summed E-state index contributed by atoms with van der Waals surface area (Å²) < 4.78 is 25.1. The minimum absolute atomic E-state index is 0.226. The Hall–Kier alpha value is -10.1. The number of carboxylic acids is 2. The Morgan fingerprint density at radius 2 is 0.901 bits per heavy atom. The number of nitrogens with one attached hydrogen (secondary N) is 2. The molecular weight excluding hydrogens is 1240 g/mol. The van der Waals surface area contributed by atoms with Crippen LogP contribution < -0.4 is 20.1 Å². The highest BCUT2D eigenvalue weighted by molar-refractivity contribution is 6.37. The lowest BCUT2D eigenvalue weighted by atomic mass is 10.0. The molecule has 16 nitrogen and oxygen atoms in total. The predicted octanol–water partition coefficient (Wildman–Crippen LogP) is 18.4. The highest BCUT2D eigenvalue weighted by Crippen LogP contribution is 2.36. The smallest absolute Gasteiger partial charge is 0.411 e. The number of imidazole rings is 2. The molecule has 462 valence electrons. The van der Waals surface area contributed by atoms with Crippen LogP contribution in [0.4, 0.5) is 21.0 Å². The first-order valence-electron chi connectivity index (χ1n) is 28.4. The molecule has 4 N–H and O–H groups in total. The first-order valence-corrected chi connectivity index (χ1v) is 29.9. The van der Waals surface area contributed by atoms with Gasteiger partial charge in [0.05, 0.1) is 70.9 Å². The van der Waals surface area contributed by atoms with Gasteiger partial charge in [0.15, 0.2) is 0 Å². The van der Waals surface area contributed by atoms with Gasteiger partial charge in [-0.1, -0.05) is 143 Å². The van der Waals surface area contributed by atoms with E-state index in [4.69, 9.17) is 75.3 Å². The molecule has 0 radical (unpaired) electrons. The van der Waals surface area contributed by atoms with Crippen LogP contribution in [-0.2, 0) is 22.6 Å². The lowest BCUT2D eigenvalue weighted by molar-refractivity contribution is 0.0686. The summed E-state index contributed by atoms with van der Waals surface area (Å²) in [6.45, 7) is 6.52. The zero-order chi connectivity index (χ0) is 64.7. The van der Waals surface area contributed by atoms with Crippen LogP contribution in [0.2, 0.25) is 20.1 Å². The van der Waals surface area contributed by atoms with Gasteiger partial charge in [-0.05, 0) is 162 Å². The number of rotatable bonds is 20. The number of hydrogen-bond donors (Lipinski definition) is 4. The number of carboxylic acid groups (broad SMARTS) is 2. The van der Waals surface area contributed by atoms with E-state index in [-0.39, 0.29) is 23.8 Å². The molecule has 2 amide bonds. The molecule has 2 aromatic heterocycles. The molecule has 2 heterocycles. The fraction of sp³-hybridized carbons (Fsp3) is 0.127. The van der Waals surface area contributed by atoms with E-state index in [1.807, 2.05) is 131 Å². The lowest BCUT2D eigenvalue weighted by Gasteiger charge is -2.13. The second-order valence-electron chi connectivity index (χ2n) is 20.6. The number of halogens is 4. The Labute approximate surface area is 545 Å². The molecule has 0 bridgehead atoms. The lowest BCUT2D eigenvalue weighted by Crippen LogP contribution is -2.18. The van der Waals surface area contributed by atoms with E-state index in [1.54, 1.807) is 120 Å². The Bertz CT molecular complexity index is 4320. The van der Waals surface area contributed by atoms with Crippen LogP contribution in [0.25, 0.3) is 69.1 Å². The van der Waals surface area contributed by atoms with E-state index >= 15 is 0 Å². The van der Waals surface area contributed by atoms with Gasteiger partial charge in [0.2, 0.25) is 0 Å². The van der Waals surface area contributed by atoms with Crippen LogP contribution in [0.3, 0.4) is 0 Å². The molecule has 20 heteroatoms. The standard InChI is InChI=1S/C36H31Cl2N3O5.C35H29Cl2N3O5/c1-22(2)46-36(44)40-31-16-13-27(18-33(31)45-3)25-9-4-23(5-10-25)8-17-34-39-32(29-15-14-28(37)19-30(29)38)21-41(34)20-24-6-11-26(12-7-24)35(42)43;1-3-45-35(43)39-30-16-13-26(18-32(30)44-2)24-9-4-22(5-10-24)8-17-33-38-31(28-15-14-27(36)19-29(28)37)21-40(33)20-23-6-11-25(12-7-23)34(41)42/h4-19,21-22H,20H2,1-3H3,(H,40,44)(H,42,43);4-19,21H,3,20H2,1-2H3,(H,39,43)(H,41,42)/b2*17-8+. The maximum atomic E-state index is 12.1. The highest BCUT2D eigenvalue weighted by Gasteiger charge is 2.17. The summed E-state index contributed by atoms with van der Waals surface area (Å²) in [5.74, 6) is 0.475. The van der Waals surface area contributed by atoms with Crippen molar-refractivity contribution in [3.63, 3.8) is 0 Å². The molecule has 8 aromatic carbocycles. The molecular formula is C71H60Cl4N6O10. The van der Waals surface area contributed by atoms with Gasteiger partial charge < -0.3 is 38.3 Å². The van der Waals surface area contributed by atoms with Gasteiger partial charge in [-0.15, -0.1) is 0 Å². The van der Waals surface area contributed by atoms with Crippen molar-refractivity contribution in [3.8, 4) is 56.3 Å². The molecule has 10 rings (SSSR count). The normalized spacial score (nSPS) is 11.1. The van der Waals surface area contributed by atoms with Crippen molar-refractivity contribution in [2.24, 2.45) is 0 Å². The molecule has 0 atom stereocenters. The monoisotopic (exact) mass is 1300 g/mol. The van der Waals surface area contributed by atoms with E-state index in [2.05, 4.69) is 10.6 Å². The van der Waals surface area contributed by atoms with Crippen molar-refractivity contribution in [1.29, 1.82) is 0 Å². The largest absolute Gasteiger partial charge is 0.495 e. The fourth-order valence-electron chi connectivity index (χ4n) is 9.43. The molecule has 0 aliphatic carbocycles.